The summed E-state index contributed by atoms with van der Waals surface area (Å²) in [6.45, 7) is 3.10. The largest absolute Gasteiger partial charge is 0.497 e. The predicted molar refractivity (Wildman–Crippen MR) is 114 cm³/mol. The number of aromatic nitrogens is 1. The van der Waals surface area contributed by atoms with Crippen molar-refractivity contribution in [2.45, 2.75) is 0 Å². The number of nitrogens with zero attached hydrogens (tertiary/aromatic N) is 3. The third-order valence-corrected chi connectivity index (χ3v) is 4.91. The van der Waals surface area contributed by atoms with E-state index < -0.39 is 0 Å². The summed E-state index contributed by atoms with van der Waals surface area (Å²) in [5.74, 6) is 1.33. The van der Waals surface area contributed by atoms with Gasteiger partial charge in [0.15, 0.2) is 0 Å². The lowest BCUT2D eigenvalue weighted by Gasteiger charge is -2.30. The highest BCUT2D eigenvalue weighted by Gasteiger charge is 2.16. The molecule has 1 N–H and O–H groups in total. The van der Waals surface area contributed by atoms with E-state index in [9.17, 15) is 5.26 Å². The van der Waals surface area contributed by atoms with Crippen LogP contribution in [0.25, 0.3) is 11.3 Å². The number of hydrogen-bond donors (Lipinski definition) is 1. The van der Waals surface area contributed by atoms with Crippen molar-refractivity contribution in [1.29, 1.82) is 5.26 Å². The van der Waals surface area contributed by atoms with E-state index in [1.54, 1.807) is 13.2 Å². The number of rotatable bonds is 5. The Morgan fingerprint density at radius 3 is 2.52 bits per heavy atom. The standard InChI is InChI=1S/C23H22N4O2/c1-28-19-9-6-17(7-10-19)20-11-8-18(16-24)23(25-20)26-21-4-2-3-5-22(21)27-12-14-29-15-13-27/h2-11H,12-15H2,1H3,(H,25,26). The number of methoxy groups -OCH3 is 1. The van der Waals surface area contributed by atoms with Gasteiger partial charge in [-0.1, -0.05) is 12.1 Å². The Hall–Kier alpha value is -3.56. The fraction of sp³-hybridized carbons (Fsp3) is 0.217. The zero-order valence-corrected chi connectivity index (χ0v) is 16.3. The second kappa shape index (κ2) is 8.63. The summed E-state index contributed by atoms with van der Waals surface area (Å²) in [6.07, 6.45) is 0. The number of nitrogens with one attached hydrogen (secondary N) is 1. The maximum atomic E-state index is 9.57. The smallest absolute Gasteiger partial charge is 0.149 e. The third-order valence-electron chi connectivity index (χ3n) is 4.91. The Labute approximate surface area is 170 Å². The van der Waals surface area contributed by atoms with E-state index in [1.165, 1.54) is 0 Å². The number of nitriles is 1. The van der Waals surface area contributed by atoms with Gasteiger partial charge in [0, 0.05) is 18.7 Å². The van der Waals surface area contributed by atoms with Gasteiger partial charge in [-0.2, -0.15) is 5.26 Å². The number of morpholine rings is 1. The molecule has 0 unspecified atom stereocenters. The topological polar surface area (TPSA) is 70.4 Å². The Morgan fingerprint density at radius 2 is 1.79 bits per heavy atom. The highest BCUT2D eigenvalue weighted by molar-refractivity contribution is 5.77. The molecular formula is C23H22N4O2. The van der Waals surface area contributed by atoms with E-state index in [0.717, 1.165) is 41.5 Å². The van der Waals surface area contributed by atoms with Crippen molar-refractivity contribution in [2.24, 2.45) is 0 Å². The molecule has 0 spiro atoms. The summed E-state index contributed by atoms with van der Waals surface area (Å²) in [5.41, 5.74) is 4.25. The Balaban J connectivity index is 1.67. The van der Waals surface area contributed by atoms with E-state index >= 15 is 0 Å². The van der Waals surface area contributed by atoms with Gasteiger partial charge in [-0.15, -0.1) is 0 Å². The average molecular weight is 386 g/mol. The van der Waals surface area contributed by atoms with Crippen LogP contribution in [0.2, 0.25) is 0 Å². The SMILES string of the molecule is COc1ccc(-c2ccc(C#N)c(Nc3ccccc3N3CCOCC3)n2)cc1. The summed E-state index contributed by atoms with van der Waals surface area (Å²) in [7, 11) is 1.64. The first-order valence-electron chi connectivity index (χ1n) is 9.53. The van der Waals surface area contributed by atoms with Crippen molar-refractivity contribution < 1.29 is 9.47 Å². The first kappa shape index (κ1) is 18.8. The van der Waals surface area contributed by atoms with Gasteiger partial charge < -0.3 is 19.7 Å². The van der Waals surface area contributed by atoms with E-state index in [-0.39, 0.29) is 0 Å². The monoisotopic (exact) mass is 386 g/mol. The molecule has 6 heteroatoms. The predicted octanol–water partition coefficient (Wildman–Crippen LogP) is 4.21. The first-order valence-corrected chi connectivity index (χ1v) is 9.53. The zero-order chi connectivity index (χ0) is 20.1. The molecule has 29 heavy (non-hydrogen) atoms. The molecule has 0 amide bonds. The van der Waals surface area contributed by atoms with E-state index in [2.05, 4.69) is 22.4 Å². The number of ether oxygens (including phenoxy) is 2. The van der Waals surface area contributed by atoms with E-state index in [1.807, 2.05) is 48.5 Å². The highest BCUT2D eigenvalue weighted by Crippen LogP contribution is 2.31. The summed E-state index contributed by atoms with van der Waals surface area (Å²) in [4.78, 5) is 7.02. The molecule has 1 saturated heterocycles. The molecule has 0 aliphatic carbocycles. The van der Waals surface area contributed by atoms with Crippen molar-refractivity contribution in [3.05, 3.63) is 66.2 Å². The molecule has 1 aromatic heterocycles. The summed E-state index contributed by atoms with van der Waals surface area (Å²) in [5, 5.41) is 13.0. The maximum Gasteiger partial charge on any atom is 0.149 e. The van der Waals surface area contributed by atoms with Gasteiger partial charge in [0.2, 0.25) is 0 Å². The number of hydrogen-bond acceptors (Lipinski definition) is 6. The fourth-order valence-electron chi connectivity index (χ4n) is 3.35. The molecular weight excluding hydrogens is 364 g/mol. The van der Waals surface area contributed by atoms with E-state index in [4.69, 9.17) is 14.5 Å². The molecule has 0 atom stereocenters. The van der Waals surface area contributed by atoms with Gasteiger partial charge >= 0.3 is 0 Å². The summed E-state index contributed by atoms with van der Waals surface area (Å²) in [6, 6.07) is 21.7. The zero-order valence-electron chi connectivity index (χ0n) is 16.3. The second-order valence-corrected chi connectivity index (χ2v) is 6.67. The quantitative estimate of drug-likeness (QED) is 0.708. The second-order valence-electron chi connectivity index (χ2n) is 6.67. The van der Waals surface area contributed by atoms with Gasteiger partial charge in [0.25, 0.3) is 0 Å². The fourth-order valence-corrected chi connectivity index (χ4v) is 3.35. The lowest BCUT2D eigenvalue weighted by atomic mass is 10.1. The van der Waals surface area contributed by atoms with Crippen molar-refractivity contribution in [3.63, 3.8) is 0 Å². The minimum absolute atomic E-state index is 0.499. The molecule has 4 rings (SSSR count). The minimum atomic E-state index is 0.499. The van der Waals surface area contributed by atoms with Crippen molar-refractivity contribution in [2.75, 3.05) is 43.6 Å². The lowest BCUT2D eigenvalue weighted by Crippen LogP contribution is -2.36. The molecule has 0 radical (unpaired) electrons. The van der Waals surface area contributed by atoms with Gasteiger partial charge in [-0.05, 0) is 48.5 Å². The van der Waals surface area contributed by atoms with Crippen LogP contribution in [-0.2, 0) is 4.74 Å². The average Bonchev–Trinajstić information content (AvgIpc) is 2.80. The first-order chi connectivity index (χ1) is 14.3. The summed E-state index contributed by atoms with van der Waals surface area (Å²) >= 11 is 0. The van der Waals surface area contributed by atoms with Gasteiger partial charge in [-0.3, -0.25) is 0 Å². The third kappa shape index (κ3) is 4.15. The summed E-state index contributed by atoms with van der Waals surface area (Å²) < 4.78 is 10.7. The number of anilines is 3. The van der Waals surface area contributed by atoms with Crippen LogP contribution in [-0.4, -0.2) is 38.4 Å². The molecule has 1 aliphatic rings. The van der Waals surface area contributed by atoms with Crippen LogP contribution in [0.3, 0.4) is 0 Å². The normalized spacial score (nSPS) is 13.6. The number of benzene rings is 2. The molecule has 146 valence electrons. The molecule has 1 fully saturated rings. The maximum absolute atomic E-state index is 9.57. The minimum Gasteiger partial charge on any atom is -0.497 e. The molecule has 3 aromatic rings. The van der Waals surface area contributed by atoms with Crippen molar-refractivity contribution in [1.82, 2.24) is 4.98 Å². The molecule has 2 heterocycles. The van der Waals surface area contributed by atoms with Gasteiger partial charge in [0.05, 0.1) is 43.0 Å². The van der Waals surface area contributed by atoms with Crippen LogP contribution in [0.5, 0.6) is 5.75 Å². The van der Waals surface area contributed by atoms with Gasteiger partial charge in [-0.25, -0.2) is 4.98 Å². The van der Waals surface area contributed by atoms with Crippen LogP contribution in [0.1, 0.15) is 5.56 Å². The van der Waals surface area contributed by atoms with Crippen LogP contribution >= 0.6 is 0 Å². The Kier molecular flexibility index (Phi) is 5.59. The molecule has 0 bridgehead atoms. The number of pyridine rings is 1. The van der Waals surface area contributed by atoms with Crippen LogP contribution in [0.15, 0.2) is 60.7 Å². The van der Waals surface area contributed by atoms with Crippen LogP contribution in [0, 0.1) is 11.3 Å². The molecule has 2 aromatic carbocycles. The van der Waals surface area contributed by atoms with Crippen molar-refractivity contribution in [3.8, 4) is 23.1 Å². The number of para-hydroxylation sites is 2. The molecule has 0 saturated carbocycles. The van der Waals surface area contributed by atoms with Crippen LogP contribution < -0.4 is 15.0 Å². The lowest BCUT2D eigenvalue weighted by molar-refractivity contribution is 0.123. The van der Waals surface area contributed by atoms with Crippen LogP contribution in [0.4, 0.5) is 17.2 Å². The molecule has 1 aliphatic heterocycles. The van der Waals surface area contributed by atoms with E-state index in [0.29, 0.717) is 24.6 Å². The Morgan fingerprint density at radius 1 is 1.03 bits per heavy atom. The molecule has 6 nitrogen and oxygen atoms in total. The van der Waals surface area contributed by atoms with Gasteiger partial charge in [0.1, 0.15) is 17.6 Å². The Bertz CT molecular complexity index is 1020. The van der Waals surface area contributed by atoms with Crippen molar-refractivity contribution >= 4 is 17.2 Å². The highest BCUT2D eigenvalue weighted by atomic mass is 16.5.